The maximum Gasteiger partial charge on any atom is 0.226 e. The van der Waals surface area contributed by atoms with Crippen LogP contribution in [0.2, 0.25) is 0 Å². The second kappa shape index (κ2) is 8.78. The molecular formula is C22H19NO5S. The van der Waals surface area contributed by atoms with Crippen LogP contribution in [0.3, 0.4) is 0 Å². The Morgan fingerprint density at radius 2 is 1.59 bits per heavy atom. The zero-order valence-electron chi connectivity index (χ0n) is 15.7. The second-order valence-corrected chi connectivity index (χ2v) is 8.42. The molecule has 148 valence electrons. The van der Waals surface area contributed by atoms with Crippen LogP contribution in [0.1, 0.15) is 22.5 Å². The summed E-state index contributed by atoms with van der Waals surface area (Å²) < 4.78 is 30.6. The van der Waals surface area contributed by atoms with Crippen molar-refractivity contribution in [1.29, 1.82) is 0 Å². The summed E-state index contributed by atoms with van der Waals surface area (Å²) >= 11 is 0. The Morgan fingerprint density at radius 3 is 2.17 bits per heavy atom. The average Bonchev–Trinajstić information content (AvgIpc) is 2.70. The van der Waals surface area contributed by atoms with Gasteiger partial charge in [-0.2, -0.15) is 4.31 Å². The van der Waals surface area contributed by atoms with Crippen molar-refractivity contribution in [2.24, 2.45) is 0 Å². The minimum absolute atomic E-state index is 0.107. The van der Waals surface area contributed by atoms with Gasteiger partial charge in [0.25, 0.3) is 0 Å². The number of hydrogen-bond acceptors (Lipinski definition) is 5. The summed E-state index contributed by atoms with van der Waals surface area (Å²) in [6, 6.07) is 18.0. The molecule has 0 fully saturated rings. The zero-order chi connectivity index (χ0) is 20.9. The van der Waals surface area contributed by atoms with E-state index >= 15 is 0 Å². The molecule has 0 atom stereocenters. The van der Waals surface area contributed by atoms with Crippen LogP contribution in [0.4, 0.5) is 0 Å². The fourth-order valence-corrected chi connectivity index (χ4v) is 3.30. The molecule has 29 heavy (non-hydrogen) atoms. The molecule has 3 rings (SSSR count). The molecule has 0 aliphatic heterocycles. The summed E-state index contributed by atoms with van der Waals surface area (Å²) in [7, 11) is -3.56. The third kappa shape index (κ3) is 5.82. The molecule has 0 aliphatic carbocycles. The number of nitrogens with zero attached hydrogens (tertiary/aromatic N) is 1. The van der Waals surface area contributed by atoms with Gasteiger partial charge in [-0.05, 0) is 29.8 Å². The third-order valence-electron chi connectivity index (χ3n) is 4.11. The average molecular weight is 409 g/mol. The number of hydrogen-bond donors (Lipinski definition) is 1. The number of benzene rings is 2. The molecule has 0 saturated carbocycles. The molecule has 0 bridgehead atoms. The molecule has 1 N–H and O–H groups in total. The SMILES string of the molecule is CS(=O)(=O)N(Cc1ccc(C#Cc2ccccc2)cc1)Cc1cc(=O)c(O)co1. The molecule has 0 spiro atoms. The lowest BCUT2D eigenvalue weighted by Crippen LogP contribution is -2.29. The van der Waals surface area contributed by atoms with E-state index in [9.17, 15) is 18.3 Å². The van der Waals surface area contributed by atoms with Crippen LogP contribution in [0.5, 0.6) is 5.75 Å². The lowest BCUT2D eigenvalue weighted by Gasteiger charge is -2.19. The molecule has 7 heteroatoms. The Hall–Kier alpha value is -3.34. The first-order valence-electron chi connectivity index (χ1n) is 8.73. The van der Waals surface area contributed by atoms with Gasteiger partial charge in [0.05, 0.1) is 12.8 Å². The van der Waals surface area contributed by atoms with E-state index in [1.165, 1.54) is 4.31 Å². The summed E-state index contributed by atoms with van der Waals surface area (Å²) in [4.78, 5) is 11.5. The molecule has 0 radical (unpaired) electrons. The molecular weight excluding hydrogens is 390 g/mol. The first-order chi connectivity index (χ1) is 13.8. The van der Waals surface area contributed by atoms with Crippen molar-refractivity contribution >= 4 is 10.0 Å². The van der Waals surface area contributed by atoms with Gasteiger partial charge in [0.15, 0.2) is 5.75 Å². The van der Waals surface area contributed by atoms with Crippen LogP contribution < -0.4 is 5.43 Å². The van der Waals surface area contributed by atoms with E-state index in [1.807, 2.05) is 42.5 Å². The van der Waals surface area contributed by atoms with Crippen molar-refractivity contribution in [2.45, 2.75) is 13.1 Å². The predicted molar refractivity (Wildman–Crippen MR) is 110 cm³/mol. The van der Waals surface area contributed by atoms with Crippen LogP contribution in [0.15, 0.2) is 76.1 Å². The van der Waals surface area contributed by atoms with Crippen molar-refractivity contribution in [1.82, 2.24) is 4.31 Å². The molecule has 0 unspecified atom stereocenters. The van der Waals surface area contributed by atoms with Crippen LogP contribution in [-0.2, 0) is 23.1 Å². The molecule has 3 aromatic rings. The van der Waals surface area contributed by atoms with Gasteiger partial charge >= 0.3 is 0 Å². The predicted octanol–water partition coefficient (Wildman–Crippen LogP) is 2.71. The summed E-state index contributed by atoms with van der Waals surface area (Å²) in [5.74, 6) is 5.76. The van der Waals surface area contributed by atoms with E-state index in [1.54, 1.807) is 12.1 Å². The first kappa shape index (κ1) is 20.4. The molecule has 0 aliphatic rings. The summed E-state index contributed by atoms with van der Waals surface area (Å²) in [5.41, 5.74) is 1.87. The molecule has 6 nitrogen and oxygen atoms in total. The van der Waals surface area contributed by atoms with E-state index in [2.05, 4.69) is 11.8 Å². The minimum atomic E-state index is -3.56. The highest BCUT2D eigenvalue weighted by atomic mass is 32.2. The normalized spacial score (nSPS) is 11.1. The van der Waals surface area contributed by atoms with E-state index in [0.29, 0.717) is 0 Å². The van der Waals surface area contributed by atoms with Crippen LogP contribution in [-0.4, -0.2) is 24.1 Å². The van der Waals surface area contributed by atoms with E-state index < -0.39 is 21.2 Å². The Kier molecular flexibility index (Phi) is 6.17. The third-order valence-corrected chi connectivity index (χ3v) is 5.30. The highest BCUT2D eigenvalue weighted by molar-refractivity contribution is 7.88. The van der Waals surface area contributed by atoms with E-state index in [0.717, 1.165) is 35.3 Å². The monoisotopic (exact) mass is 409 g/mol. The smallest absolute Gasteiger partial charge is 0.226 e. The van der Waals surface area contributed by atoms with Gasteiger partial charge in [0.1, 0.15) is 12.0 Å². The highest BCUT2D eigenvalue weighted by Gasteiger charge is 2.19. The Bertz CT molecular complexity index is 1200. The molecule has 1 aromatic heterocycles. The van der Waals surface area contributed by atoms with Crippen molar-refractivity contribution < 1.29 is 17.9 Å². The van der Waals surface area contributed by atoms with Gasteiger partial charge in [0, 0.05) is 23.7 Å². The van der Waals surface area contributed by atoms with E-state index in [-0.39, 0.29) is 18.8 Å². The van der Waals surface area contributed by atoms with Gasteiger partial charge in [-0.15, -0.1) is 0 Å². The quantitative estimate of drug-likeness (QED) is 0.655. The Morgan fingerprint density at radius 1 is 0.966 bits per heavy atom. The lowest BCUT2D eigenvalue weighted by molar-refractivity contribution is 0.345. The van der Waals surface area contributed by atoms with Gasteiger partial charge < -0.3 is 9.52 Å². The van der Waals surface area contributed by atoms with Crippen LogP contribution in [0.25, 0.3) is 0 Å². The summed E-state index contributed by atoms with van der Waals surface area (Å²) in [6.45, 7) is -0.0142. The van der Waals surface area contributed by atoms with Gasteiger partial charge in [-0.3, -0.25) is 4.79 Å². The number of aromatic hydroxyl groups is 1. The molecule has 0 saturated heterocycles. The number of sulfonamides is 1. The minimum Gasteiger partial charge on any atom is -0.502 e. The zero-order valence-corrected chi connectivity index (χ0v) is 16.5. The van der Waals surface area contributed by atoms with E-state index in [4.69, 9.17) is 4.42 Å². The highest BCUT2D eigenvalue weighted by Crippen LogP contribution is 2.15. The Balaban J connectivity index is 1.75. The lowest BCUT2D eigenvalue weighted by atomic mass is 10.1. The second-order valence-electron chi connectivity index (χ2n) is 6.44. The topological polar surface area (TPSA) is 87.8 Å². The van der Waals surface area contributed by atoms with Crippen molar-refractivity contribution in [2.75, 3.05) is 6.26 Å². The largest absolute Gasteiger partial charge is 0.502 e. The molecule has 2 aromatic carbocycles. The van der Waals surface area contributed by atoms with Crippen LogP contribution in [0, 0.1) is 11.8 Å². The summed E-state index contributed by atoms with van der Waals surface area (Å²) in [5, 5.41) is 9.27. The van der Waals surface area contributed by atoms with Gasteiger partial charge in [-0.1, -0.05) is 42.2 Å². The Labute approximate surface area is 169 Å². The van der Waals surface area contributed by atoms with Gasteiger partial charge in [0.2, 0.25) is 15.5 Å². The summed E-state index contributed by atoms with van der Waals surface area (Å²) in [6.07, 6.45) is 1.99. The van der Waals surface area contributed by atoms with Crippen LogP contribution >= 0.6 is 0 Å². The standard InChI is InChI=1S/C22H19NO5S/c1-29(26,27)23(15-20-13-21(24)22(25)16-28-20)14-19-11-9-18(10-12-19)8-7-17-5-3-2-4-6-17/h2-6,9-13,16,25H,14-15H2,1H3. The van der Waals surface area contributed by atoms with Gasteiger partial charge in [-0.25, -0.2) is 8.42 Å². The first-order valence-corrected chi connectivity index (χ1v) is 10.6. The fourth-order valence-electron chi connectivity index (χ4n) is 2.55. The number of rotatable bonds is 5. The van der Waals surface area contributed by atoms with Crippen molar-refractivity contribution in [3.63, 3.8) is 0 Å². The molecule has 1 heterocycles. The van der Waals surface area contributed by atoms with Crippen molar-refractivity contribution in [3.05, 3.63) is 99.6 Å². The maximum atomic E-state index is 12.2. The maximum absolute atomic E-state index is 12.2. The van der Waals surface area contributed by atoms with Crippen molar-refractivity contribution in [3.8, 4) is 17.6 Å². The molecule has 0 amide bonds. The fraction of sp³-hybridized carbons (Fsp3) is 0.136.